The van der Waals surface area contributed by atoms with Crippen LogP contribution in [-0.2, 0) is 0 Å². The van der Waals surface area contributed by atoms with Gasteiger partial charge in [0.25, 0.3) is 0 Å². The number of rotatable bonds is 6. The molecule has 0 unspecified atom stereocenters. The number of halogens is 3. The average molecular weight is 273 g/mol. The number of Topliss-reactive ketones (excluding diaryl/α,β-unsaturated/α-hetero) is 1. The summed E-state index contributed by atoms with van der Waals surface area (Å²) >= 11 is 0. The van der Waals surface area contributed by atoms with Crippen molar-refractivity contribution >= 4 is 5.78 Å². The maximum atomic E-state index is 11.9. The zero-order valence-electron chi connectivity index (χ0n) is 10.2. The summed E-state index contributed by atoms with van der Waals surface area (Å²) in [6, 6.07) is 6.45. The molecule has 1 aromatic rings. The van der Waals surface area contributed by atoms with Crippen LogP contribution in [0.2, 0.25) is 0 Å². The summed E-state index contributed by atoms with van der Waals surface area (Å²) in [5.74, 6) is 0.310. The number of carbonyl (C=O) groups excluding carboxylic acids is 1. The molecule has 0 aliphatic heterocycles. The molecule has 1 N–H and O–H groups in total. The van der Waals surface area contributed by atoms with Gasteiger partial charge < -0.3 is 10.1 Å². The number of benzene rings is 1. The quantitative estimate of drug-likeness (QED) is 0.809. The fraction of sp³-hybridized carbons (Fsp3) is 0.462. The van der Waals surface area contributed by atoms with Crippen molar-refractivity contribution in [3.05, 3.63) is 29.8 Å². The second kappa shape index (κ2) is 5.61. The van der Waals surface area contributed by atoms with Crippen LogP contribution in [0.4, 0.5) is 13.2 Å². The summed E-state index contributed by atoms with van der Waals surface area (Å²) in [6.07, 6.45) is -1.94. The molecule has 0 spiro atoms. The molecule has 0 atom stereocenters. The fourth-order valence-corrected chi connectivity index (χ4v) is 1.52. The van der Waals surface area contributed by atoms with Crippen molar-refractivity contribution in [3.63, 3.8) is 0 Å². The van der Waals surface area contributed by atoms with E-state index in [2.05, 4.69) is 5.32 Å². The normalized spacial score (nSPS) is 15.3. The van der Waals surface area contributed by atoms with Crippen LogP contribution in [0.5, 0.6) is 5.75 Å². The summed E-state index contributed by atoms with van der Waals surface area (Å²) < 4.78 is 41.2. The first-order valence-electron chi connectivity index (χ1n) is 6.01. The Morgan fingerprint density at radius 3 is 2.42 bits per heavy atom. The van der Waals surface area contributed by atoms with Gasteiger partial charge in [0.15, 0.2) is 5.78 Å². The number of hydrogen-bond acceptors (Lipinski definition) is 3. The number of alkyl halides is 3. The Balaban J connectivity index is 1.81. The first kappa shape index (κ1) is 13.9. The standard InChI is InChI=1S/C13H14F3NO2/c14-13(15,16)8-17-7-12(18)9-1-3-10(4-2-9)19-11-5-6-11/h1-4,11,17H,5-8H2. The smallest absolute Gasteiger partial charge is 0.401 e. The Bertz CT molecular complexity index is 438. The first-order chi connectivity index (χ1) is 8.94. The molecular weight excluding hydrogens is 259 g/mol. The molecule has 19 heavy (non-hydrogen) atoms. The van der Waals surface area contributed by atoms with Crippen molar-refractivity contribution in [3.8, 4) is 5.75 Å². The summed E-state index contributed by atoms with van der Waals surface area (Å²) in [5.41, 5.74) is 0.373. The van der Waals surface area contributed by atoms with Gasteiger partial charge in [-0.2, -0.15) is 13.2 Å². The highest BCUT2D eigenvalue weighted by atomic mass is 19.4. The van der Waals surface area contributed by atoms with Gasteiger partial charge in [0.2, 0.25) is 0 Å². The van der Waals surface area contributed by atoms with Crippen LogP contribution in [0.25, 0.3) is 0 Å². The SMILES string of the molecule is O=C(CNCC(F)(F)F)c1ccc(OC2CC2)cc1. The average Bonchev–Trinajstić information content (AvgIpc) is 3.12. The number of hydrogen-bond donors (Lipinski definition) is 1. The summed E-state index contributed by atoms with van der Waals surface area (Å²) in [6.45, 7) is -1.50. The van der Waals surface area contributed by atoms with Crippen LogP contribution in [0.1, 0.15) is 23.2 Å². The van der Waals surface area contributed by atoms with E-state index in [9.17, 15) is 18.0 Å². The minimum absolute atomic E-state index is 0.273. The van der Waals surface area contributed by atoms with Gasteiger partial charge in [-0.15, -0.1) is 0 Å². The molecule has 1 fully saturated rings. The minimum Gasteiger partial charge on any atom is -0.490 e. The zero-order chi connectivity index (χ0) is 13.9. The fourth-order valence-electron chi connectivity index (χ4n) is 1.52. The summed E-state index contributed by atoms with van der Waals surface area (Å²) in [7, 11) is 0. The largest absolute Gasteiger partial charge is 0.490 e. The van der Waals surface area contributed by atoms with E-state index in [1.807, 2.05) is 0 Å². The topological polar surface area (TPSA) is 38.3 Å². The first-order valence-corrected chi connectivity index (χ1v) is 6.01. The Hall–Kier alpha value is -1.56. The van der Waals surface area contributed by atoms with E-state index < -0.39 is 12.7 Å². The predicted molar refractivity (Wildman–Crippen MR) is 63.3 cm³/mol. The third-order valence-electron chi connectivity index (χ3n) is 2.61. The number of nitrogens with one attached hydrogen (secondary N) is 1. The predicted octanol–water partition coefficient (Wildman–Crippen LogP) is 2.56. The van der Waals surface area contributed by atoms with E-state index in [-0.39, 0.29) is 18.4 Å². The van der Waals surface area contributed by atoms with Gasteiger partial charge in [-0.05, 0) is 37.1 Å². The van der Waals surface area contributed by atoms with Crippen molar-refractivity contribution in [2.75, 3.05) is 13.1 Å². The number of ketones is 1. The highest BCUT2D eigenvalue weighted by Crippen LogP contribution is 2.26. The monoisotopic (exact) mass is 273 g/mol. The van der Waals surface area contributed by atoms with Crippen molar-refractivity contribution in [1.82, 2.24) is 5.32 Å². The maximum absolute atomic E-state index is 11.9. The van der Waals surface area contributed by atoms with Crippen LogP contribution in [0.15, 0.2) is 24.3 Å². The van der Waals surface area contributed by atoms with E-state index in [0.29, 0.717) is 11.3 Å². The molecule has 0 amide bonds. The number of ether oxygens (including phenoxy) is 1. The molecule has 1 saturated carbocycles. The van der Waals surface area contributed by atoms with Crippen molar-refractivity contribution < 1.29 is 22.7 Å². The van der Waals surface area contributed by atoms with Gasteiger partial charge in [-0.3, -0.25) is 4.79 Å². The maximum Gasteiger partial charge on any atom is 0.401 e. The third kappa shape index (κ3) is 4.90. The second-order valence-corrected chi connectivity index (χ2v) is 4.48. The van der Waals surface area contributed by atoms with Gasteiger partial charge in [0, 0.05) is 5.56 Å². The van der Waals surface area contributed by atoms with E-state index in [0.717, 1.165) is 12.8 Å². The Labute approximate surface area is 108 Å². The van der Waals surface area contributed by atoms with E-state index >= 15 is 0 Å². The molecular formula is C13H14F3NO2. The molecule has 0 bridgehead atoms. The van der Waals surface area contributed by atoms with Crippen LogP contribution in [0, 0.1) is 0 Å². The lowest BCUT2D eigenvalue weighted by Gasteiger charge is -2.08. The Morgan fingerprint density at radius 1 is 1.26 bits per heavy atom. The van der Waals surface area contributed by atoms with Gasteiger partial charge in [-0.25, -0.2) is 0 Å². The Kier molecular flexibility index (Phi) is 4.09. The third-order valence-corrected chi connectivity index (χ3v) is 2.61. The van der Waals surface area contributed by atoms with Gasteiger partial charge >= 0.3 is 6.18 Å². The van der Waals surface area contributed by atoms with Gasteiger partial charge in [0.1, 0.15) is 5.75 Å². The molecule has 1 aliphatic rings. The molecule has 1 aliphatic carbocycles. The highest BCUT2D eigenvalue weighted by Gasteiger charge is 2.26. The van der Waals surface area contributed by atoms with E-state index in [4.69, 9.17) is 4.74 Å². The molecule has 0 heterocycles. The summed E-state index contributed by atoms with van der Waals surface area (Å²) in [4.78, 5) is 11.6. The van der Waals surface area contributed by atoms with Gasteiger partial charge in [-0.1, -0.05) is 0 Å². The Morgan fingerprint density at radius 2 is 1.89 bits per heavy atom. The minimum atomic E-state index is -4.30. The molecule has 2 rings (SSSR count). The highest BCUT2D eigenvalue weighted by molar-refractivity contribution is 5.97. The second-order valence-electron chi connectivity index (χ2n) is 4.48. The number of carbonyl (C=O) groups is 1. The van der Waals surface area contributed by atoms with Crippen LogP contribution < -0.4 is 10.1 Å². The molecule has 3 nitrogen and oxygen atoms in total. The van der Waals surface area contributed by atoms with Crippen LogP contribution >= 0.6 is 0 Å². The van der Waals surface area contributed by atoms with Crippen molar-refractivity contribution in [1.29, 1.82) is 0 Å². The molecule has 0 saturated heterocycles. The molecule has 0 aromatic heterocycles. The zero-order valence-corrected chi connectivity index (χ0v) is 10.2. The lowest BCUT2D eigenvalue weighted by atomic mass is 10.1. The van der Waals surface area contributed by atoms with E-state index in [1.165, 1.54) is 0 Å². The summed E-state index contributed by atoms with van der Waals surface area (Å²) in [5, 5.41) is 2.07. The van der Waals surface area contributed by atoms with E-state index in [1.54, 1.807) is 24.3 Å². The molecule has 0 radical (unpaired) electrons. The molecule has 1 aromatic carbocycles. The molecule has 104 valence electrons. The van der Waals surface area contributed by atoms with Crippen LogP contribution in [-0.4, -0.2) is 31.2 Å². The molecule has 6 heteroatoms. The van der Waals surface area contributed by atoms with Crippen LogP contribution in [0.3, 0.4) is 0 Å². The van der Waals surface area contributed by atoms with Crippen molar-refractivity contribution in [2.45, 2.75) is 25.1 Å². The lowest BCUT2D eigenvalue weighted by Crippen LogP contribution is -2.32. The van der Waals surface area contributed by atoms with Crippen molar-refractivity contribution in [2.24, 2.45) is 0 Å². The van der Waals surface area contributed by atoms with Gasteiger partial charge in [0.05, 0.1) is 19.2 Å². The lowest BCUT2D eigenvalue weighted by molar-refractivity contribution is -0.124.